The molecule has 2 rings (SSSR count). The van der Waals surface area contributed by atoms with Gasteiger partial charge in [-0.25, -0.2) is 8.42 Å². The molecule has 0 radical (unpaired) electrons. The van der Waals surface area contributed by atoms with E-state index in [0.29, 0.717) is 31.7 Å². The fourth-order valence-electron chi connectivity index (χ4n) is 3.72. The number of para-hydroxylation sites is 2. The number of anilines is 1. The Kier molecular flexibility index (Phi) is 10.4. The molecule has 0 saturated heterocycles. The van der Waals surface area contributed by atoms with Crippen LogP contribution >= 0.6 is 0 Å². The average Bonchev–Trinajstić information content (AvgIpc) is 2.81. The van der Waals surface area contributed by atoms with Gasteiger partial charge in [-0.15, -0.1) is 0 Å². The van der Waals surface area contributed by atoms with E-state index in [9.17, 15) is 18.0 Å². The van der Waals surface area contributed by atoms with Crippen LogP contribution in [0.4, 0.5) is 5.69 Å². The van der Waals surface area contributed by atoms with Gasteiger partial charge in [-0.3, -0.25) is 13.9 Å². The summed E-state index contributed by atoms with van der Waals surface area (Å²) < 4.78 is 32.1. The van der Waals surface area contributed by atoms with Gasteiger partial charge in [-0.05, 0) is 44.4 Å². The SMILES string of the molecule is CCNC(=O)[C@H](CC)N(CCc1ccccc1)C(=O)CN(c1ccccc1OCC)S(C)(=O)=O. The Bertz CT molecular complexity index is 1040. The summed E-state index contributed by atoms with van der Waals surface area (Å²) >= 11 is 0. The Morgan fingerprint density at radius 3 is 2.24 bits per heavy atom. The molecule has 0 fully saturated rings. The Morgan fingerprint density at radius 1 is 1.00 bits per heavy atom. The lowest BCUT2D eigenvalue weighted by Gasteiger charge is -2.33. The third-order valence-corrected chi connectivity index (χ3v) is 6.46. The first kappa shape index (κ1) is 27.2. The Hall–Kier alpha value is -3.07. The van der Waals surface area contributed by atoms with Crippen molar-refractivity contribution in [3.63, 3.8) is 0 Å². The molecule has 2 amide bonds. The van der Waals surface area contributed by atoms with E-state index in [2.05, 4.69) is 5.32 Å². The number of nitrogens with zero attached hydrogens (tertiary/aromatic N) is 2. The minimum absolute atomic E-state index is 0.257. The third kappa shape index (κ3) is 7.48. The lowest BCUT2D eigenvalue weighted by Crippen LogP contribution is -2.53. The van der Waals surface area contributed by atoms with E-state index in [1.165, 1.54) is 4.90 Å². The molecule has 0 aliphatic rings. The van der Waals surface area contributed by atoms with Crippen molar-refractivity contribution in [1.82, 2.24) is 10.2 Å². The molecule has 0 heterocycles. The van der Waals surface area contributed by atoms with Gasteiger partial charge in [0.05, 0.1) is 18.6 Å². The summed E-state index contributed by atoms with van der Waals surface area (Å²) in [6.45, 7) is 6.08. The standard InChI is InChI=1S/C25H35N3O5S/c1-5-21(25(30)26-6-2)27(18-17-20-13-9-8-10-14-20)24(29)19-28(34(4,31)32)22-15-11-12-16-23(22)33-7-3/h8-16,21H,5-7,17-19H2,1-4H3,(H,26,30)/t21-/m0/s1. The molecule has 186 valence electrons. The summed E-state index contributed by atoms with van der Waals surface area (Å²) in [6, 6.07) is 15.6. The highest BCUT2D eigenvalue weighted by Crippen LogP contribution is 2.30. The smallest absolute Gasteiger partial charge is 0.244 e. The van der Waals surface area contributed by atoms with Gasteiger partial charge in [0.15, 0.2) is 0 Å². The number of hydrogen-bond donors (Lipinski definition) is 1. The zero-order chi connectivity index (χ0) is 25.1. The molecule has 0 saturated carbocycles. The van der Waals surface area contributed by atoms with Gasteiger partial charge in [0.2, 0.25) is 21.8 Å². The van der Waals surface area contributed by atoms with Gasteiger partial charge in [0.1, 0.15) is 18.3 Å². The summed E-state index contributed by atoms with van der Waals surface area (Å²) in [5.74, 6) is -0.340. The van der Waals surface area contributed by atoms with E-state index in [0.717, 1.165) is 16.1 Å². The van der Waals surface area contributed by atoms with Crippen molar-refractivity contribution in [2.45, 2.75) is 39.7 Å². The topological polar surface area (TPSA) is 96.0 Å². The van der Waals surface area contributed by atoms with Gasteiger partial charge in [0.25, 0.3) is 0 Å². The van der Waals surface area contributed by atoms with E-state index >= 15 is 0 Å². The zero-order valence-electron chi connectivity index (χ0n) is 20.4. The first-order chi connectivity index (χ1) is 16.2. The van der Waals surface area contributed by atoms with Crippen LogP contribution in [0.3, 0.4) is 0 Å². The zero-order valence-corrected chi connectivity index (χ0v) is 21.2. The van der Waals surface area contributed by atoms with Crippen LogP contribution in [0, 0.1) is 0 Å². The van der Waals surface area contributed by atoms with Crippen LogP contribution < -0.4 is 14.4 Å². The molecule has 0 aliphatic carbocycles. The van der Waals surface area contributed by atoms with Crippen LogP contribution in [0.1, 0.15) is 32.8 Å². The predicted octanol–water partition coefficient (Wildman–Crippen LogP) is 2.84. The number of likely N-dealkylation sites (N-methyl/N-ethyl adjacent to an activating group) is 1. The van der Waals surface area contributed by atoms with Crippen LogP contribution in [-0.4, -0.2) is 63.7 Å². The van der Waals surface area contributed by atoms with Crippen molar-refractivity contribution < 1.29 is 22.7 Å². The maximum atomic E-state index is 13.6. The van der Waals surface area contributed by atoms with Crippen molar-refractivity contribution in [2.24, 2.45) is 0 Å². The number of benzene rings is 2. The summed E-state index contributed by atoms with van der Waals surface area (Å²) in [6.07, 6.45) is 2.00. The van der Waals surface area contributed by atoms with Crippen LogP contribution in [0.25, 0.3) is 0 Å². The lowest BCUT2D eigenvalue weighted by atomic mass is 10.1. The second-order valence-corrected chi connectivity index (χ2v) is 9.72. The minimum Gasteiger partial charge on any atom is -0.492 e. The number of sulfonamides is 1. The minimum atomic E-state index is -3.81. The van der Waals surface area contributed by atoms with Crippen molar-refractivity contribution in [1.29, 1.82) is 0 Å². The fraction of sp³-hybridized carbons (Fsp3) is 0.440. The summed E-state index contributed by atoms with van der Waals surface area (Å²) in [5.41, 5.74) is 1.31. The van der Waals surface area contributed by atoms with Gasteiger partial charge in [0, 0.05) is 13.1 Å². The number of carbonyl (C=O) groups excluding carboxylic acids is 2. The molecule has 1 atom stereocenters. The molecule has 2 aromatic rings. The highest BCUT2D eigenvalue weighted by atomic mass is 32.2. The summed E-state index contributed by atoms with van der Waals surface area (Å²) in [4.78, 5) is 27.8. The molecule has 2 aromatic carbocycles. The number of nitrogens with one attached hydrogen (secondary N) is 1. The van der Waals surface area contributed by atoms with Crippen LogP contribution in [0.5, 0.6) is 5.75 Å². The highest BCUT2D eigenvalue weighted by Gasteiger charge is 2.32. The predicted molar refractivity (Wildman–Crippen MR) is 134 cm³/mol. The van der Waals surface area contributed by atoms with Crippen molar-refractivity contribution in [3.05, 3.63) is 60.2 Å². The van der Waals surface area contributed by atoms with Gasteiger partial charge in [-0.1, -0.05) is 49.4 Å². The fourth-order valence-corrected chi connectivity index (χ4v) is 4.58. The summed E-state index contributed by atoms with van der Waals surface area (Å²) in [5, 5.41) is 2.79. The molecule has 8 nitrogen and oxygen atoms in total. The molecule has 0 aliphatic heterocycles. The number of ether oxygens (including phenoxy) is 1. The van der Waals surface area contributed by atoms with Crippen LogP contribution in [0.15, 0.2) is 54.6 Å². The summed E-state index contributed by atoms with van der Waals surface area (Å²) in [7, 11) is -3.81. The first-order valence-corrected chi connectivity index (χ1v) is 13.4. The Labute approximate surface area is 202 Å². The third-order valence-electron chi connectivity index (χ3n) is 5.33. The molecule has 9 heteroatoms. The van der Waals surface area contributed by atoms with E-state index in [1.54, 1.807) is 31.2 Å². The van der Waals surface area contributed by atoms with E-state index in [1.807, 2.05) is 44.2 Å². The number of hydrogen-bond acceptors (Lipinski definition) is 5. The normalized spacial score (nSPS) is 12.0. The Balaban J connectivity index is 2.39. The first-order valence-electron chi connectivity index (χ1n) is 11.5. The maximum absolute atomic E-state index is 13.6. The second kappa shape index (κ2) is 13.0. The average molecular weight is 490 g/mol. The second-order valence-electron chi connectivity index (χ2n) is 7.81. The highest BCUT2D eigenvalue weighted by molar-refractivity contribution is 7.92. The molecular formula is C25H35N3O5S. The van der Waals surface area contributed by atoms with E-state index < -0.39 is 28.5 Å². The molecule has 0 unspecified atom stereocenters. The molecule has 0 bridgehead atoms. The maximum Gasteiger partial charge on any atom is 0.244 e. The number of carbonyl (C=O) groups is 2. The van der Waals surface area contributed by atoms with Gasteiger partial charge >= 0.3 is 0 Å². The van der Waals surface area contributed by atoms with E-state index in [4.69, 9.17) is 4.74 Å². The lowest BCUT2D eigenvalue weighted by molar-refractivity contribution is -0.139. The largest absolute Gasteiger partial charge is 0.492 e. The molecule has 34 heavy (non-hydrogen) atoms. The van der Waals surface area contributed by atoms with E-state index in [-0.39, 0.29) is 18.1 Å². The monoisotopic (exact) mass is 489 g/mol. The molecular weight excluding hydrogens is 454 g/mol. The van der Waals surface area contributed by atoms with Gasteiger partial charge in [-0.2, -0.15) is 0 Å². The number of amides is 2. The van der Waals surface area contributed by atoms with Crippen LogP contribution in [-0.2, 0) is 26.0 Å². The molecule has 0 aromatic heterocycles. The Morgan fingerprint density at radius 2 is 1.65 bits per heavy atom. The van der Waals surface area contributed by atoms with Crippen molar-refractivity contribution in [3.8, 4) is 5.75 Å². The molecule has 0 spiro atoms. The van der Waals surface area contributed by atoms with Crippen molar-refractivity contribution in [2.75, 3.05) is 36.8 Å². The quantitative estimate of drug-likeness (QED) is 0.467. The van der Waals surface area contributed by atoms with Gasteiger partial charge < -0.3 is 15.0 Å². The number of rotatable bonds is 13. The van der Waals surface area contributed by atoms with Crippen LogP contribution in [0.2, 0.25) is 0 Å². The van der Waals surface area contributed by atoms with Crippen molar-refractivity contribution >= 4 is 27.5 Å². The molecule has 1 N–H and O–H groups in total.